The average molecular weight is 265 g/mol. The molecule has 1 aromatic heterocycles. The molecule has 0 unspecified atom stereocenters. The van der Waals surface area contributed by atoms with E-state index in [0.717, 1.165) is 11.3 Å². The van der Waals surface area contributed by atoms with Gasteiger partial charge in [-0.15, -0.1) is 10.2 Å². The number of methoxy groups -OCH3 is 2. The number of hydrogen-bond donors (Lipinski definition) is 1. The van der Waals surface area contributed by atoms with Crippen LogP contribution in [0.4, 0.5) is 9.93 Å². The molecule has 2 rings (SSSR count). The number of carbonyl (C=O) groups excluding carboxylic acids is 1. The molecule has 0 bridgehead atoms. The van der Waals surface area contributed by atoms with Crippen molar-refractivity contribution < 1.29 is 14.3 Å². The molecule has 6 nitrogen and oxygen atoms in total. The van der Waals surface area contributed by atoms with Crippen molar-refractivity contribution in [2.75, 3.05) is 19.5 Å². The van der Waals surface area contributed by atoms with Gasteiger partial charge in [0.2, 0.25) is 5.13 Å². The number of carbonyl (C=O) groups is 1. The molecule has 1 amide bonds. The monoisotopic (exact) mass is 265 g/mol. The Hall–Kier alpha value is -2.15. The maximum absolute atomic E-state index is 11.0. The van der Waals surface area contributed by atoms with Crippen molar-refractivity contribution in [3.05, 3.63) is 24.3 Å². The van der Waals surface area contributed by atoms with Crippen molar-refractivity contribution in [1.82, 2.24) is 10.2 Å². The molecule has 2 aromatic rings. The Morgan fingerprint density at radius 2 is 1.94 bits per heavy atom. The maximum atomic E-state index is 11.0. The fourth-order valence-electron chi connectivity index (χ4n) is 1.26. The highest BCUT2D eigenvalue weighted by Crippen LogP contribution is 2.27. The van der Waals surface area contributed by atoms with Crippen molar-refractivity contribution in [2.24, 2.45) is 0 Å². The van der Waals surface area contributed by atoms with Crippen LogP contribution in [0.15, 0.2) is 24.3 Å². The van der Waals surface area contributed by atoms with Crippen LogP contribution in [0.25, 0.3) is 10.6 Å². The third-order valence-corrected chi connectivity index (χ3v) is 3.04. The predicted molar refractivity (Wildman–Crippen MR) is 67.9 cm³/mol. The van der Waals surface area contributed by atoms with E-state index in [0.29, 0.717) is 10.1 Å². The first-order chi connectivity index (χ1) is 8.72. The van der Waals surface area contributed by atoms with Gasteiger partial charge in [-0.05, 0) is 24.3 Å². The number of rotatable bonds is 3. The van der Waals surface area contributed by atoms with Gasteiger partial charge in [0.15, 0.2) is 0 Å². The molecule has 7 heteroatoms. The van der Waals surface area contributed by atoms with Gasteiger partial charge in [0, 0.05) is 5.56 Å². The van der Waals surface area contributed by atoms with E-state index in [1.165, 1.54) is 18.4 Å². The Kier molecular flexibility index (Phi) is 3.73. The molecule has 1 heterocycles. The van der Waals surface area contributed by atoms with Crippen LogP contribution < -0.4 is 10.1 Å². The molecule has 0 spiro atoms. The van der Waals surface area contributed by atoms with E-state index in [1.54, 1.807) is 7.11 Å². The molecular weight excluding hydrogens is 254 g/mol. The first-order valence-corrected chi connectivity index (χ1v) is 5.87. The molecule has 0 atom stereocenters. The molecule has 0 saturated heterocycles. The largest absolute Gasteiger partial charge is 0.497 e. The minimum absolute atomic E-state index is 0.396. The molecule has 94 valence electrons. The Balaban J connectivity index is 2.15. The number of ether oxygens (including phenoxy) is 2. The van der Waals surface area contributed by atoms with Crippen LogP contribution in [0.3, 0.4) is 0 Å². The van der Waals surface area contributed by atoms with Crippen molar-refractivity contribution in [2.45, 2.75) is 0 Å². The number of hydrogen-bond acceptors (Lipinski definition) is 6. The van der Waals surface area contributed by atoms with E-state index in [-0.39, 0.29) is 0 Å². The summed E-state index contributed by atoms with van der Waals surface area (Å²) in [5, 5.41) is 11.4. The van der Waals surface area contributed by atoms with E-state index < -0.39 is 6.09 Å². The number of anilines is 1. The first kappa shape index (κ1) is 12.3. The third-order valence-electron chi connectivity index (χ3n) is 2.16. The molecular formula is C11H11N3O3S. The lowest BCUT2D eigenvalue weighted by Crippen LogP contribution is -2.10. The molecule has 0 saturated carbocycles. The second kappa shape index (κ2) is 5.46. The molecule has 1 aromatic carbocycles. The molecule has 1 N–H and O–H groups in total. The lowest BCUT2D eigenvalue weighted by atomic mass is 10.2. The van der Waals surface area contributed by atoms with Crippen LogP contribution in [-0.2, 0) is 4.74 Å². The zero-order chi connectivity index (χ0) is 13.0. The van der Waals surface area contributed by atoms with Gasteiger partial charge in [0.25, 0.3) is 0 Å². The summed E-state index contributed by atoms with van der Waals surface area (Å²) >= 11 is 1.27. The molecule has 0 aliphatic heterocycles. The van der Waals surface area contributed by atoms with Crippen LogP contribution in [0.5, 0.6) is 5.75 Å². The van der Waals surface area contributed by atoms with Crippen LogP contribution in [-0.4, -0.2) is 30.5 Å². The van der Waals surface area contributed by atoms with E-state index in [9.17, 15) is 4.79 Å². The van der Waals surface area contributed by atoms with Gasteiger partial charge in [0.1, 0.15) is 10.8 Å². The quantitative estimate of drug-likeness (QED) is 0.922. The van der Waals surface area contributed by atoms with Crippen LogP contribution >= 0.6 is 11.3 Å². The summed E-state index contributed by atoms with van der Waals surface area (Å²) in [7, 11) is 2.90. The van der Waals surface area contributed by atoms with Crippen LogP contribution in [0.2, 0.25) is 0 Å². The van der Waals surface area contributed by atoms with Crippen LogP contribution in [0.1, 0.15) is 0 Å². The molecule has 0 aliphatic carbocycles. The summed E-state index contributed by atoms with van der Waals surface area (Å²) in [6, 6.07) is 7.43. The first-order valence-electron chi connectivity index (χ1n) is 5.06. The van der Waals surface area contributed by atoms with Crippen molar-refractivity contribution in [1.29, 1.82) is 0 Å². The van der Waals surface area contributed by atoms with Crippen LogP contribution in [0, 0.1) is 0 Å². The standard InChI is InChI=1S/C11H11N3O3S/c1-16-8-5-3-7(4-6-8)9-13-14-10(18-9)12-11(15)17-2/h3-6H,1-2H3,(H,12,14,15). The number of benzene rings is 1. The summed E-state index contributed by atoms with van der Waals surface area (Å²) in [4.78, 5) is 11.0. The summed E-state index contributed by atoms with van der Waals surface area (Å²) < 4.78 is 9.54. The van der Waals surface area contributed by atoms with E-state index >= 15 is 0 Å². The van der Waals surface area contributed by atoms with Gasteiger partial charge in [-0.25, -0.2) is 4.79 Å². The van der Waals surface area contributed by atoms with Gasteiger partial charge in [0.05, 0.1) is 14.2 Å². The normalized spacial score (nSPS) is 9.89. The zero-order valence-electron chi connectivity index (χ0n) is 9.84. The maximum Gasteiger partial charge on any atom is 0.413 e. The number of nitrogens with one attached hydrogen (secondary N) is 1. The minimum atomic E-state index is -0.563. The molecule has 0 aliphatic rings. The lowest BCUT2D eigenvalue weighted by molar-refractivity contribution is 0.187. The van der Waals surface area contributed by atoms with Gasteiger partial charge >= 0.3 is 6.09 Å². The smallest absolute Gasteiger partial charge is 0.413 e. The highest BCUT2D eigenvalue weighted by atomic mass is 32.1. The Morgan fingerprint density at radius 3 is 2.56 bits per heavy atom. The molecule has 0 radical (unpaired) electrons. The van der Waals surface area contributed by atoms with Gasteiger partial charge in [-0.2, -0.15) is 0 Å². The molecule has 18 heavy (non-hydrogen) atoms. The highest BCUT2D eigenvalue weighted by Gasteiger charge is 2.09. The topological polar surface area (TPSA) is 73.3 Å². The molecule has 0 fully saturated rings. The fraction of sp³-hybridized carbons (Fsp3) is 0.182. The zero-order valence-corrected chi connectivity index (χ0v) is 10.7. The predicted octanol–water partition coefficient (Wildman–Crippen LogP) is 2.39. The third kappa shape index (κ3) is 2.75. The van der Waals surface area contributed by atoms with Crippen molar-refractivity contribution >= 4 is 22.6 Å². The second-order valence-electron chi connectivity index (χ2n) is 3.26. The fourth-order valence-corrected chi connectivity index (χ4v) is 2.00. The summed E-state index contributed by atoms with van der Waals surface area (Å²) in [6.45, 7) is 0. The summed E-state index contributed by atoms with van der Waals surface area (Å²) in [5.41, 5.74) is 0.909. The highest BCUT2D eigenvalue weighted by molar-refractivity contribution is 7.18. The SMILES string of the molecule is COC(=O)Nc1nnc(-c2ccc(OC)cc2)s1. The number of nitrogens with zero attached hydrogens (tertiary/aromatic N) is 2. The Morgan fingerprint density at radius 1 is 1.22 bits per heavy atom. The van der Waals surface area contributed by atoms with Gasteiger partial charge in [-0.1, -0.05) is 11.3 Å². The van der Waals surface area contributed by atoms with Gasteiger partial charge < -0.3 is 9.47 Å². The summed E-state index contributed by atoms with van der Waals surface area (Å²) in [6.07, 6.45) is -0.563. The Bertz CT molecular complexity index is 539. The minimum Gasteiger partial charge on any atom is -0.497 e. The Labute approximate surface area is 108 Å². The average Bonchev–Trinajstić information content (AvgIpc) is 2.87. The summed E-state index contributed by atoms with van der Waals surface area (Å²) in [5.74, 6) is 0.774. The number of amides is 1. The van der Waals surface area contributed by atoms with E-state index in [1.807, 2.05) is 24.3 Å². The van der Waals surface area contributed by atoms with Crippen molar-refractivity contribution in [3.63, 3.8) is 0 Å². The van der Waals surface area contributed by atoms with Crippen molar-refractivity contribution in [3.8, 4) is 16.3 Å². The second-order valence-corrected chi connectivity index (χ2v) is 4.23. The van der Waals surface area contributed by atoms with Gasteiger partial charge in [-0.3, -0.25) is 5.32 Å². The van der Waals surface area contributed by atoms with E-state index in [2.05, 4.69) is 20.3 Å². The lowest BCUT2D eigenvalue weighted by Gasteiger charge is -1.99. The van der Waals surface area contributed by atoms with E-state index in [4.69, 9.17) is 4.74 Å². The number of aromatic nitrogens is 2.